The van der Waals surface area contributed by atoms with Gasteiger partial charge in [-0.3, -0.25) is 0 Å². The first-order valence-corrected chi connectivity index (χ1v) is 11.2. The van der Waals surface area contributed by atoms with Crippen LogP contribution in [0.4, 0.5) is 4.39 Å². The number of rotatable bonds is 8. The molecule has 0 aliphatic heterocycles. The van der Waals surface area contributed by atoms with Gasteiger partial charge in [0.05, 0.1) is 5.52 Å². The van der Waals surface area contributed by atoms with Crippen molar-refractivity contribution in [3.8, 4) is 11.1 Å². The summed E-state index contributed by atoms with van der Waals surface area (Å²) in [6, 6.07) is 20.8. The van der Waals surface area contributed by atoms with Crippen LogP contribution < -0.4 is 0 Å². The molecule has 0 saturated heterocycles. The smallest absolute Gasteiger partial charge is 0.219 e. The van der Waals surface area contributed by atoms with Crippen LogP contribution in [0.5, 0.6) is 0 Å². The highest BCUT2D eigenvalue weighted by atomic mass is 19.1. The molecule has 1 aromatic heterocycles. The zero-order chi connectivity index (χ0) is 20.9. The van der Waals surface area contributed by atoms with E-state index in [9.17, 15) is 4.39 Å². The van der Waals surface area contributed by atoms with Crippen molar-refractivity contribution in [1.29, 1.82) is 0 Å². The van der Waals surface area contributed by atoms with Gasteiger partial charge in [-0.15, -0.1) is 0 Å². The van der Waals surface area contributed by atoms with E-state index in [4.69, 9.17) is 0 Å². The second kappa shape index (κ2) is 9.38. The van der Waals surface area contributed by atoms with Crippen LogP contribution in [-0.4, -0.2) is 4.98 Å². The van der Waals surface area contributed by atoms with Crippen molar-refractivity contribution in [3.05, 3.63) is 77.7 Å². The molecule has 4 aromatic rings. The standard InChI is InChI=1S/C28H30FN/c1-3-4-5-6-7-8-9-21-12-16-24-25-17-15-23(22-13-10-20(2)11-14-22)19-27(25)30-28(29)26(24)18-21/h10-19H,3-9H2,1-2H3. The molecule has 0 aliphatic rings. The van der Waals surface area contributed by atoms with Gasteiger partial charge < -0.3 is 0 Å². The number of fused-ring (bicyclic) bond motifs is 3. The fourth-order valence-corrected chi connectivity index (χ4v) is 4.21. The molecule has 1 nitrogen and oxygen atoms in total. The fourth-order valence-electron chi connectivity index (χ4n) is 4.21. The van der Waals surface area contributed by atoms with Gasteiger partial charge in [0.25, 0.3) is 0 Å². The maximum Gasteiger partial charge on any atom is 0.221 e. The molecule has 2 heteroatoms. The van der Waals surface area contributed by atoms with Crippen LogP contribution in [0, 0.1) is 12.9 Å². The molecule has 0 amide bonds. The number of nitrogens with zero attached hydrogens (tertiary/aromatic N) is 1. The molecule has 0 saturated carbocycles. The van der Waals surface area contributed by atoms with Gasteiger partial charge in [0.2, 0.25) is 5.95 Å². The maximum atomic E-state index is 14.9. The summed E-state index contributed by atoms with van der Waals surface area (Å²) < 4.78 is 14.9. The zero-order valence-corrected chi connectivity index (χ0v) is 18.0. The van der Waals surface area contributed by atoms with E-state index in [1.54, 1.807) is 0 Å². The highest BCUT2D eigenvalue weighted by Crippen LogP contribution is 2.30. The van der Waals surface area contributed by atoms with E-state index in [-0.39, 0.29) is 5.95 Å². The first kappa shape index (κ1) is 20.5. The monoisotopic (exact) mass is 399 g/mol. The predicted octanol–water partition coefficient (Wildman–Crippen LogP) is 8.41. The first-order chi connectivity index (χ1) is 14.7. The van der Waals surface area contributed by atoms with Crippen molar-refractivity contribution in [1.82, 2.24) is 4.98 Å². The van der Waals surface area contributed by atoms with Gasteiger partial charge in [-0.05, 0) is 54.0 Å². The van der Waals surface area contributed by atoms with E-state index in [2.05, 4.69) is 67.4 Å². The predicted molar refractivity (Wildman–Crippen MR) is 126 cm³/mol. The Morgan fingerprint density at radius 1 is 0.700 bits per heavy atom. The second-order valence-corrected chi connectivity index (χ2v) is 8.40. The Morgan fingerprint density at radius 3 is 2.20 bits per heavy atom. The van der Waals surface area contributed by atoms with E-state index in [0.29, 0.717) is 10.9 Å². The number of halogens is 1. The normalized spacial score (nSPS) is 11.4. The molecule has 0 unspecified atom stereocenters. The van der Waals surface area contributed by atoms with Gasteiger partial charge in [-0.25, -0.2) is 4.98 Å². The number of hydrogen-bond acceptors (Lipinski definition) is 1. The molecule has 154 valence electrons. The lowest BCUT2D eigenvalue weighted by molar-refractivity contribution is 0.600. The molecule has 0 fully saturated rings. The molecule has 0 spiro atoms. The van der Waals surface area contributed by atoms with Crippen LogP contribution in [-0.2, 0) is 6.42 Å². The van der Waals surface area contributed by atoms with Crippen LogP contribution in [0.25, 0.3) is 32.8 Å². The van der Waals surface area contributed by atoms with Gasteiger partial charge >= 0.3 is 0 Å². The number of hydrogen-bond donors (Lipinski definition) is 0. The molecular formula is C28H30FN. The van der Waals surface area contributed by atoms with Crippen molar-refractivity contribution in [2.75, 3.05) is 0 Å². The minimum Gasteiger partial charge on any atom is -0.219 e. The molecule has 0 aliphatic carbocycles. The summed E-state index contributed by atoms with van der Waals surface area (Å²) >= 11 is 0. The minimum absolute atomic E-state index is 0.372. The lowest BCUT2D eigenvalue weighted by Crippen LogP contribution is -1.93. The van der Waals surface area contributed by atoms with Gasteiger partial charge in [0, 0.05) is 10.8 Å². The maximum absolute atomic E-state index is 14.9. The summed E-state index contributed by atoms with van der Waals surface area (Å²) in [4.78, 5) is 4.31. The summed E-state index contributed by atoms with van der Waals surface area (Å²) in [5.74, 6) is -0.372. The summed E-state index contributed by atoms with van der Waals surface area (Å²) in [5, 5.41) is 2.59. The summed E-state index contributed by atoms with van der Waals surface area (Å²) in [7, 11) is 0. The average molecular weight is 400 g/mol. The molecule has 0 radical (unpaired) electrons. The highest BCUT2D eigenvalue weighted by Gasteiger charge is 2.10. The number of pyridine rings is 1. The van der Waals surface area contributed by atoms with E-state index in [1.165, 1.54) is 43.2 Å². The molecule has 4 rings (SSSR count). The van der Waals surface area contributed by atoms with E-state index < -0.39 is 0 Å². The van der Waals surface area contributed by atoms with Crippen molar-refractivity contribution in [2.45, 2.75) is 58.8 Å². The fraction of sp³-hybridized carbons (Fsp3) is 0.321. The molecular weight excluding hydrogens is 369 g/mol. The van der Waals surface area contributed by atoms with Crippen LogP contribution in [0.15, 0.2) is 60.7 Å². The van der Waals surface area contributed by atoms with Crippen molar-refractivity contribution in [3.63, 3.8) is 0 Å². The van der Waals surface area contributed by atoms with Gasteiger partial charge in [-0.2, -0.15) is 4.39 Å². The highest BCUT2D eigenvalue weighted by molar-refractivity contribution is 6.06. The molecule has 1 heterocycles. The minimum atomic E-state index is -0.372. The van der Waals surface area contributed by atoms with Gasteiger partial charge in [0.1, 0.15) is 0 Å². The Hall–Kier alpha value is -2.74. The van der Waals surface area contributed by atoms with Crippen LogP contribution in [0.1, 0.15) is 56.6 Å². The molecule has 0 N–H and O–H groups in total. The third-order valence-corrected chi connectivity index (χ3v) is 6.02. The van der Waals surface area contributed by atoms with Crippen molar-refractivity contribution in [2.24, 2.45) is 0 Å². The first-order valence-electron chi connectivity index (χ1n) is 11.2. The number of unbranched alkanes of at least 4 members (excludes halogenated alkanes) is 5. The second-order valence-electron chi connectivity index (χ2n) is 8.40. The number of aryl methyl sites for hydroxylation is 2. The van der Waals surface area contributed by atoms with Crippen LogP contribution >= 0.6 is 0 Å². The Kier molecular flexibility index (Phi) is 6.42. The zero-order valence-electron chi connectivity index (χ0n) is 18.0. The van der Waals surface area contributed by atoms with Crippen molar-refractivity contribution < 1.29 is 4.39 Å². The average Bonchev–Trinajstić information content (AvgIpc) is 2.76. The summed E-state index contributed by atoms with van der Waals surface area (Å²) in [5.41, 5.74) is 5.33. The largest absolute Gasteiger partial charge is 0.221 e. The number of aromatic nitrogens is 1. The SMILES string of the molecule is CCCCCCCCc1ccc2c(c1)c(F)nc1cc(-c3ccc(C)cc3)ccc12. The number of benzene rings is 3. The van der Waals surface area contributed by atoms with E-state index >= 15 is 0 Å². The molecule has 3 aromatic carbocycles. The quantitative estimate of drug-likeness (QED) is 0.165. The third kappa shape index (κ3) is 4.53. The Morgan fingerprint density at radius 2 is 1.40 bits per heavy atom. The van der Waals surface area contributed by atoms with Crippen molar-refractivity contribution >= 4 is 21.7 Å². The summed E-state index contributed by atoms with van der Waals surface area (Å²) in [6.07, 6.45) is 8.64. The molecule has 0 atom stereocenters. The molecule has 0 bridgehead atoms. The van der Waals surface area contributed by atoms with E-state index in [1.807, 2.05) is 12.1 Å². The molecule has 30 heavy (non-hydrogen) atoms. The Balaban J connectivity index is 1.59. The van der Waals surface area contributed by atoms with Crippen LogP contribution in [0.3, 0.4) is 0 Å². The lowest BCUT2D eigenvalue weighted by Gasteiger charge is -2.09. The lowest BCUT2D eigenvalue weighted by atomic mass is 9.98. The summed E-state index contributed by atoms with van der Waals surface area (Å²) in [6.45, 7) is 4.32. The van der Waals surface area contributed by atoms with Gasteiger partial charge in [0.15, 0.2) is 0 Å². The Labute approximate surface area is 179 Å². The Bertz CT molecular complexity index is 1140. The third-order valence-electron chi connectivity index (χ3n) is 6.02. The van der Waals surface area contributed by atoms with Gasteiger partial charge in [-0.1, -0.05) is 93.1 Å². The van der Waals surface area contributed by atoms with Crippen LogP contribution in [0.2, 0.25) is 0 Å². The topological polar surface area (TPSA) is 12.9 Å². The van der Waals surface area contributed by atoms with E-state index in [0.717, 1.165) is 34.7 Å².